The largest absolute Gasteiger partial charge is 0.338 e. The zero-order valence-corrected chi connectivity index (χ0v) is 13.9. The molecule has 1 amide bonds. The normalized spacial score (nSPS) is 28.0. The van der Waals surface area contributed by atoms with Gasteiger partial charge in [0.05, 0.1) is 11.3 Å². The Morgan fingerprint density at radius 2 is 1.86 bits per heavy atom. The highest BCUT2D eigenvalue weighted by molar-refractivity contribution is 7.89. The smallest absolute Gasteiger partial charge is 0.242 e. The summed E-state index contributed by atoms with van der Waals surface area (Å²) in [5.74, 6) is 0.344. The third-order valence-corrected chi connectivity index (χ3v) is 6.71. The topological polar surface area (TPSA) is 69.7 Å². The molecule has 2 aliphatic heterocycles. The van der Waals surface area contributed by atoms with Crippen molar-refractivity contribution < 1.29 is 13.2 Å². The fourth-order valence-electron chi connectivity index (χ4n) is 3.30. The average molecular weight is 317 g/mol. The maximum atomic E-state index is 12.7. The lowest BCUT2D eigenvalue weighted by molar-refractivity contribution is -0.139. The van der Waals surface area contributed by atoms with Crippen LogP contribution in [0.5, 0.6) is 0 Å². The third-order valence-electron chi connectivity index (χ3n) is 4.64. The molecule has 0 saturated carbocycles. The number of rotatable bonds is 5. The molecule has 21 heavy (non-hydrogen) atoms. The van der Waals surface area contributed by atoms with Gasteiger partial charge in [0.25, 0.3) is 0 Å². The molecule has 0 aromatic carbocycles. The van der Waals surface area contributed by atoms with E-state index in [9.17, 15) is 13.2 Å². The molecule has 0 radical (unpaired) electrons. The van der Waals surface area contributed by atoms with Gasteiger partial charge >= 0.3 is 0 Å². The first kappa shape index (κ1) is 16.7. The lowest BCUT2D eigenvalue weighted by Gasteiger charge is -2.39. The molecule has 2 saturated heterocycles. The monoisotopic (exact) mass is 317 g/mol. The second-order valence-electron chi connectivity index (χ2n) is 5.97. The number of carbonyl (C=O) groups excluding carboxylic acids is 1. The van der Waals surface area contributed by atoms with Crippen molar-refractivity contribution in [2.75, 3.05) is 38.5 Å². The number of piperazine rings is 1. The van der Waals surface area contributed by atoms with Gasteiger partial charge in [0.1, 0.15) is 0 Å². The maximum absolute atomic E-state index is 12.7. The van der Waals surface area contributed by atoms with E-state index in [-0.39, 0.29) is 11.7 Å². The van der Waals surface area contributed by atoms with Crippen molar-refractivity contribution in [1.82, 2.24) is 14.5 Å². The Hall–Kier alpha value is -0.660. The van der Waals surface area contributed by atoms with Crippen LogP contribution in [0, 0.1) is 0 Å². The van der Waals surface area contributed by atoms with Gasteiger partial charge in [-0.05, 0) is 32.2 Å². The lowest BCUT2D eigenvalue weighted by atomic mass is 9.92. The fraction of sp³-hybridized carbons (Fsp3) is 0.929. The molecule has 122 valence electrons. The van der Waals surface area contributed by atoms with E-state index >= 15 is 0 Å². The van der Waals surface area contributed by atoms with E-state index in [1.165, 1.54) is 4.31 Å². The van der Waals surface area contributed by atoms with Crippen molar-refractivity contribution in [3.05, 3.63) is 0 Å². The molecule has 1 N–H and O–H groups in total. The second kappa shape index (κ2) is 6.62. The Balaban J connectivity index is 1.96. The Labute approximate surface area is 127 Å². The first-order valence-electron chi connectivity index (χ1n) is 7.97. The number of nitrogens with one attached hydrogen (secondary N) is 1. The van der Waals surface area contributed by atoms with Gasteiger partial charge in [0.15, 0.2) is 0 Å². The molecule has 1 atom stereocenters. The minimum atomic E-state index is -3.14. The van der Waals surface area contributed by atoms with Crippen LogP contribution < -0.4 is 5.32 Å². The van der Waals surface area contributed by atoms with Gasteiger partial charge in [-0.2, -0.15) is 4.31 Å². The summed E-state index contributed by atoms with van der Waals surface area (Å²) >= 11 is 0. The van der Waals surface area contributed by atoms with Crippen LogP contribution in [0.3, 0.4) is 0 Å². The molecule has 0 bridgehead atoms. The second-order valence-corrected chi connectivity index (χ2v) is 8.06. The van der Waals surface area contributed by atoms with E-state index in [4.69, 9.17) is 0 Å². The molecule has 7 heteroatoms. The SMILES string of the molecule is CCCS(=O)(=O)N1CCN(C(=O)C2(CC)CCCN2)CC1. The number of hydrogen-bond donors (Lipinski definition) is 1. The van der Waals surface area contributed by atoms with Crippen molar-refractivity contribution in [3.8, 4) is 0 Å². The van der Waals surface area contributed by atoms with Gasteiger partial charge in [-0.25, -0.2) is 8.42 Å². The summed E-state index contributed by atoms with van der Waals surface area (Å²) in [5, 5.41) is 3.36. The van der Waals surface area contributed by atoms with Gasteiger partial charge in [0, 0.05) is 26.2 Å². The molecule has 2 heterocycles. The molecule has 0 spiro atoms. The average Bonchev–Trinajstić information content (AvgIpc) is 2.97. The van der Waals surface area contributed by atoms with Crippen molar-refractivity contribution in [1.29, 1.82) is 0 Å². The zero-order valence-electron chi connectivity index (χ0n) is 13.1. The highest BCUT2D eigenvalue weighted by Gasteiger charge is 2.42. The molecular formula is C14H27N3O3S. The predicted molar refractivity (Wildman–Crippen MR) is 82.5 cm³/mol. The number of sulfonamides is 1. The summed E-state index contributed by atoms with van der Waals surface area (Å²) in [7, 11) is -3.14. The van der Waals surface area contributed by atoms with Gasteiger partial charge < -0.3 is 10.2 Å². The molecule has 0 aliphatic carbocycles. The first-order chi connectivity index (χ1) is 9.95. The Morgan fingerprint density at radius 3 is 2.33 bits per heavy atom. The van der Waals surface area contributed by atoms with Gasteiger partial charge in [0.2, 0.25) is 15.9 Å². The van der Waals surface area contributed by atoms with E-state index in [1.54, 1.807) is 0 Å². The van der Waals surface area contributed by atoms with Crippen LogP contribution in [-0.2, 0) is 14.8 Å². The molecular weight excluding hydrogens is 290 g/mol. The van der Waals surface area contributed by atoms with Crippen molar-refractivity contribution in [2.24, 2.45) is 0 Å². The van der Waals surface area contributed by atoms with Crippen molar-refractivity contribution in [3.63, 3.8) is 0 Å². The number of carbonyl (C=O) groups is 1. The minimum Gasteiger partial charge on any atom is -0.338 e. The summed E-state index contributed by atoms with van der Waals surface area (Å²) in [6, 6.07) is 0. The summed E-state index contributed by atoms with van der Waals surface area (Å²) in [6.07, 6.45) is 3.34. The lowest BCUT2D eigenvalue weighted by Crippen LogP contribution is -2.59. The fourth-order valence-corrected chi connectivity index (χ4v) is 4.79. The standard InChI is InChI=1S/C14H27N3O3S/c1-3-12-21(19,20)17-10-8-16(9-11-17)13(18)14(4-2)6-5-7-15-14/h15H,3-12H2,1-2H3. The Morgan fingerprint density at radius 1 is 1.19 bits per heavy atom. The number of amides is 1. The molecule has 0 aromatic rings. The molecule has 2 aliphatic rings. The van der Waals surface area contributed by atoms with Gasteiger partial charge in [-0.3, -0.25) is 4.79 Å². The van der Waals surface area contributed by atoms with Crippen molar-refractivity contribution in [2.45, 2.75) is 45.1 Å². The molecule has 2 fully saturated rings. The quantitative estimate of drug-likeness (QED) is 0.797. The van der Waals surface area contributed by atoms with Gasteiger partial charge in [-0.1, -0.05) is 13.8 Å². The number of nitrogens with zero attached hydrogens (tertiary/aromatic N) is 2. The minimum absolute atomic E-state index is 0.148. The molecule has 6 nitrogen and oxygen atoms in total. The van der Waals surface area contributed by atoms with E-state index in [0.29, 0.717) is 32.6 Å². The predicted octanol–water partition coefficient (Wildman–Crippen LogP) is 0.403. The van der Waals surface area contributed by atoms with Gasteiger partial charge in [-0.15, -0.1) is 0 Å². The highest BCUT2D eigenvalue weighted by atomic mass is 32.2. The number of hydrogen-bond acceptors (Lipinski definition) is 4. The van der Waals surface area contributed by atoms with Crippen molar-refractivity contribution >= 4 is 15.9 Å². The van der Waals surface area contributed by atoms with Crippen LogP contribution in [0.4, 0.5) is 0 Å². The van der Waals surface area contributed by atoms with E-state index < -0.39 is 15.6 Å². The van der Waals surface area contributed by atoms with Crippen LogP contribution in [0.2, 0.25) is 0 Å². The highest BCUT2D eigenvalue weighted by Crippen LogP contribution is 2.26. The maximum Gasteiger partial charge on any atom is 0.242 e. The van der Waals surface area contributed by atoms with Crippen LogP contribution in [0.25, 0.3) is 0 Å². The zero-order chi connectivity index (χ0) is 15.5. The van der Waals surface area contributed by atoms with Crippen LogP contribution in [0.15, 0.2) is 0 Å². The summed E-state index contributed by atoms with van der Waals surface area (Å²) < 4.78 is 25.6. The van der Waals surface area contributed by atoms with E-state index in [2.05, 4.69) is 5.32 Å². The Kier molecular flexibility index (Phi) is 5.27. The van der Waals surface area contributed by atoms with Crippen LogP contribution in [-0.4, -0.2) is 67.5 Å². The van der Waals surface area contributed by atoms with E-state index in [0.717, 1.165) is 25.8 Å². The van der Waals surface area contributed by atoms with E-state index in [1.807, 2.05) is 18.7 Å². The van der Waals surface area contributed by atoms with Crippen LogP contribution in [0.1, 0.15) is 39.5 Å². The summed E-state index contributed by atoms with van der Waals surface area (Å²) in [4.78, 5) is 14.6. The summed E-state index contributed by atoms with van der Waals surface area (Å²) in [5.41, 5.74) is -0.412. The first-order valence-corrected chi connectivity index (χ1v) is 9.58. The Bertz CT molecular complexity index is 464. The van der Waals surface area contributed by atoms with Crippen LogP contribution >= 0.6 is 0 Å². The third kappa shape index (κ3) is 3.40. The molecule has 2 rings (SSSR count). The molecule has 0 aromatic heterocycles. The molecule has 1 unspecified atom stereocenters. The summed E-state index contributed by atoms with van der Waals surface area (Å²) in [6.45, 7) is 6.66.